The van der Waals surface area contributed by atoms with E-state index >= 15 is 0 Å². The van der Waals surface area contributed by atoms with E-state index in [0.29, 0.717) is 18.5 Å². The van der Waals surface area contributed by atoms with Gasteiger partial charge in [-0.05, 0) is 36.1 Å². The largest absolute Gasteiger partial charge is 0.481 e. The fourth-order valence-electron chi connectivity index (χ4n) is 1.59. The zero-order chi connectivity index (χ0) is 15.8. The van der Waals surface area contributed by atoms with Gasteiger partial charge in [-0.25, -0.2) is 4.39 Å². The Morgan fingerprint density at radius 3 is 2.81 bits per heavy atom. The molecular formula is C15H17ClFNO3. The summed E-state index contributed by atoms with van der Waals surface area (Å²) in [7, 11) is 0. The Balaban J connectivity index is 2.40. The van der Waals surface area contributed by atoms with Crippen LogP contribution in [-0.4, -0.2) is 23.5 Å². The highest BCUT2D eigenvalue weighted by Crippen LogP contribution is 2.16. The third-order valence-electron chi connectivity index (χ3n) is 2.85. The van der Waals surface area contributed by atoms with Crippen molar-refractivity contribution in [3.05, 3.63) is 40.7 Å². The Morgan fingerprint density at radius 2 is 2.19 bits per heavy atom. The smallest absolute Gasteiger partial charge is 0.303 e. The molecule has 0 aliphatic heterocycles. The minimum Gasteiger partial charge on any atom is -0.481 e. The van der Waals surface area contributed by atoms with Crippen molar-refractivity contribution in [1.82, 2.24) is 5.32 Å². The number of hydrogen-bond acceptors (Lipinski definition) is 2. The van der Waals surface area contributed by atoms with Crippen molar-refractivity contribution in [2.24, 2.45) is 5.92 Å². The van der Waals surface area contributed by atoms with Crippen LogP contribution in [0.4, 0.5) is 4.39 Å². The normalized spacial score (nSPS) is 12.3. The molecule has 1 amide bonds. The van der Waals surface area contributed by atoms with E-state index in [0.717, 1.165) is 0 Å². The van der Waals surface area contributed by atoms with E-state index in [1.807, 2.05) is 6.92 Å². The van der Waals surface area contributed by atoms with E-state index in [1.165, 1.54) is 30.4 Å². The van der Waals surface area contributed by atoms with Crippen LogP contribution in [0.3, 0.4) is 0 Å². The van der Waals surface area contributed by atoms with Crippen LogP contribution >= 0.6 is 11.6 Å². The predicted octanol–water partition coefficient (Wildman–Crippen LogP) is 3.11. The summed E-state index contributed by atoms with van der Waals surface area (Å²) in [4.78, 5) is 22.0. The van der Waals surface area contributed by atoms with Crippen LogP contribution in [0.25, 0.3) is 6.08 Å². The summed E-state index contributed by atoms with van der Waals surface area (Å²) >= 11 is 5.63. The molecule has 2 N–H and O–H groups in total. The third-order valence-corrected chi connectivity index (χ3v) is 3.14. The van der Waals surface area contributed by atoms with E-state index in [1.54, 1.807) is 0 Å². The number of carbonyl (C=O) groups excluding carboxylic acids is 1. The second kappa shape index (κ2) is 8.42. The molecule has 21 heavy (non-hydrogen) atoms. The van der Waals surface area contributed by atoms with Gasteiger partial charge in [0.05, 0.1) is 5.02 Å². The van der Waals surface area contributed by atoms with Gasteiger partial charge in [0, 0.05) is 19.0 Å². The average molecular weight is 314 g/mol. The van der Waals surface area contributed by atoms with Gasteiger partial charge in [-0.1, -0.05) is 24.6 Å². The molecule has 4 nitrogen and oxygen atoms in total. The first-order valence-corrected chi connectivity index (χ1v) is 6.89. The van der Waals surface area contributed by atoms with Crippen LogP contribution in [0.5, 0.6) is 0 Å². The van der Waals surface area contributed by atoms with Gasteiger partial charge < -0.3 is 10.4 Å². The second-order valence-electron chi connectivity index (χ2n) is 4.79. The van der Waals surface area contributed by atoms with Gasteiger partial charge in [-0.3, -0.25) is 9.59 Å². The van der Waals surface area contributed by atoms with Crippen LogP contribution in [0.2, 0.25) is 5.02 Å². The summed E-state index contributed by atoms with van der Waals surface area (Å²) in [5, 5.41) is 11.2. The van der Waals surface area contributed by atoms with Gasteiger partial charge in [-0.15, -0.1) is 0 Å². The van der Waals surface area contributed by atoms with Crippen LogP contribution in [0, 0.1) is 11.7 Å². The Hall–Kier alpha value is -1.88. The zero-order valence-corrected chi connectivity index (χ0v) is 12.4. The molecule has 0 aliphatic rings. The standard InChI is InChI=1S/C15H17ClFNO3/c1-10(2-7-15(20)21)9-18-14(19)6-4-11-3-5-13(17)12(16)8-11/h3-6,8,10H,2,7,9H2,1H3,(H,18,19)(H,20,21)/b6-4+. The van der Waals surface area contributed by atoms with Crippen LogP contribution < -0.4 is 5.32 Å². The molecule has 114 valence electrons. The van der Waals surface area contributed by atoms with Gasteiger partial charge in [0.1, 0.15) is 5.82 Å². The lowest BCUT2D eigenvalue weighted by Crippen LogP contribution is -2.26. The SMILES string of the molecule is CC(CCC(=O)O)CNC(=O)/C=C/c1ccc(F)c(Cl)c1. The minimum atomic E-state index is -0.846. The zero-order valence-electron chi connectivity index (χ0n) is 11.6. The molecule has 1 unspecified atom stereocenters. The van der Waals surface area contributed by atoms with E-state index in [9.17, 15) is 14.0 Å². The number of hydrogen-bond donors (Lipinski definition) is 2. The summed E-state index contributed by atoms with van der Waals surface area (Å²) < 4.78 is 13.0. The number of aliphatic carboxylic acids is 1. The Morgan fingerprint density at radius 1 is 1.48 bits per heavy atom. The minimum absolute atomic E-state index is 0.000138. The molecule has 1 rings (SSSR count). The van der Waals surface area contributed by atoms with Crippen molar-refractivity contribution in [2.75, 3.05) is 6.54 Å². The van der Waals surface area contributed by atoms with Gasteiger partial charge >= 0.3 is 5.97 Å². The number of rotatable bonds is 7. The van der Waals surface area contributed by atoms with Crippen molar-refractivity contribution in [1.29, 1.82) is 0 Å². The van der Waals surface area contributed by atoms with E-state index in [4.69, 9.17) is 16.7 Å². The Labute approximate surface area is 127 Å². The monoisotopic (exact) mass is 313 g/mol. The molecule has 1 aromatic rings. The highest BCUT2D eigenvalue weighted by molar-refractivity contribution is 6.30. The maximum Gasteiger partial charge on any atom is 0.303 e. The van der Waals surface area contributed by atoms with Gasteiger partial charge in [0.2, 0.25) is 5.91 Å². The molecule has 0 heterocycles. The highest BCUT2D eigenvalue weighted by Gasteiger charge is 2.06. The fraction of sp³-hybridized carbons (Fsp3) is 0.333. The molecule has 0 radical (unpaired) electrons. The molecule has 6 heteroatoms. The lowest BCUT2D eigenvalue weighted by molar-refractivity contribution is -0.137. The third kappa shape index (κ3) is 6.90. The average Bonchev–Trinajstić information content (AvgIpc) is 2.44. The molecule has 0 saturated carbocycles. The number of carboxylic acids is 1. The number of amides is 1. The number of nitrogens with one attached hydrogen (secondary N) is 1. The summed E-state index contributed by atoms with van der Waals surface area (Å²) in [5.41, 5.74) is 0.621. The summed E-state index contributed by atoms with van der Waals surface area (Å²) in [6.45, 7) is 2.27. The quantitative estimate of drug-likeness (QED) is 0.760. The van der Waals surface area contributed by atoms with Gasteiger partial charge in [-0.2, -0.15) is 0 Å². The first kappa shape index (κ1) is 17.2. The van der Waals surface area contributed by atoms with Crippen molar-refractivity contribution in [3.63, 3.8) is 0 Å². The first-order valence-electron chi connectivity index (χ1n) is 6.51. The molecule has 0 aromatic heterocycles. The molecule has 1 atom stereocenters. The van der Waals surface area contributed by atoms with E-state index < -0.39 is 11.8 Å². The van der Waals surface area contributed by atoms with Crippen molar-refractivity contribution < 1.29 is 19.1 Å². The maximum atomic E-state index is 13.0. The second-order valence-corrected chi connectivity index (χ2v) is 5.20. The number of halogens is 2. The van der Waals surface area contributed by atoms with Crippen molar-refractivity contribution in [3.8, 4) is 0 Å². The molecular weight excluding hydrogens is 297 g/mol. The Bertz CT molecular complexity index is 546. The van der Waals surface area contributed by atoms with E-state index in [-0.39, 0.29) is 23.3 Å². The Kier molecular flexibility index (Phi) is 6.88. The molecule has 0 saturated heterocycles. The molecule has 0 aliphatic carbocycles. The van der Waals surface area contributed by atoms with E-state index in [2.05, 4.69) is 5.32 Å². The van der Waals surface area contributed by atoms with Crippen molar-refractivity contribution in [2.45, 2.75) is 19.8 Å². The lowest BCUT2D eigenvalue weighted by atomic mass is 10.1. The summed E-state index contributed by atoms with van der Waals surface area (Å²) in [6, 6.07) is 4.17. The molecule has 0 fully saturated rings. The number of benzene rings is 1. The summed E-state index contributed by atoms with van der Waals surface area (Å²) in [5.74, 6) is -1.57. The topological polar surface area (TPSA) is 66.4 Å². The van der Waals surface area contributed by atoms with Gasteiger partial charge in [0.25, 0.3) is 0 Å². The van der Waals surface area contributed by atoms with Gasteiger partial charge in [0.15, 0.2) is 0 Å². The summed E-state index contributed by atoms with van der Waals surface area (Å²) in [6.07, 6.45) is 3.45. The molecule has 1 aromatic carbocycles. The fourth-order valence-corrected chi connectivity index (χ4v) is 1.78. The van der Waals surface area contributed by atoms with Crippen LogP contribution in [0.1, 0.15) is 25.3 Å². The van der Waals surface area contributed by atoms with Crippen molar-refractivity contribution >= 4 is 29.6 Å². The predicted molar refractivity (Wildman–Crippen MR) is 79.5 cm³/mol. The lowest BCUT2D eigenvalue weighted by Gasteiger charge is -2.09. The first-order chi connectivity index (χ1) is 9.88. The molecule has 0 bridgehead atoms. The van der Waals surface area contributed by atoms with Crippen LogP contribution in [0.15, 0.2) is 24.3 Å². The maximum absolute atomic E-state index is 13.0. The number of carbonyl (C=O) groups is 2. The number of carboxylic acid groups (broad SMARTS) is 1. The molecule has 0 spiro atoms. The highest BCUT2D eigenvalue weighted by atomic mass is 35.5. The van der Waals surface area contributed by atoms with Crippen LogP contribution in [-0.2, 0) is 9.59 Å².